The van der Waals surface area contributed by atoms with E-state index in [2.05, 4.69) is 15.9 Å². The SMILES string of the molecule is CB(O)N(B(C)O)c1cc2c(c(Br)c1F)COC2=O. The van der Waals surface area contributed by atoms with Gasteiger partial charge in [-0.25, -0.2) is 9.18 Å². The van der Waals surface area contributed by atoms with Crippen molar-refractivity contribution in [2.45, 2.75) is 20.3 Å². The van der Waals surface area contributed by atoms with Crippen LogP contribution in [0.5, 0.6) is 0 Å². The Labute approximate surface area is 118 Å². The van der Waals surface area contributed by atoms with Gasteiger partial charge in [0.15, 0.2) is 5.82 Å². The molecule has 1 heterocycles. The molecule has 0 aliphatic carbocycles. The van der Waals surface area contributed by atoms with Gasteiger partial charge in [0.05, 0.1) is 15.7 Å². The molecule has 0 saturated carbocycles. The third kappa shape index (κ3) is 2.37. The summed E-state index contributed by atoms with van der Waals surface area (Å²) in [4.78, 5) is 11.5. The Morgan fingerprint density at radius 1 is 1.42 bits per heavy atom. The number of halogens is 2. The third-order valence-corrected chi connectivity index (χ3v) is 3.77. The quantitative estimate of drug-likeness (QED) is 0.646. The number of benzene rings is 1. The fourth-order valence-corrected chi connectivity index (χ4v) is 2.62. The van der Waals surface area contributed by atoms with Gasteiger partial charge in [-0.05, 0) is 35.6 Å². The molecule has 0 atom stereocenters. The van der Waals surface area contributed by atoms with Crippen LogP contribution < -0.4 is 4.72 Å². The van der Waals surface area contributed by atoms with E-state index in [-0.39, 0.29) is 22.3 Å². The summed E-state index contributed by atoms with van der Waals surface area (Å²) in [5, 5.41) is 19.3. The first-order valence-electron chi connectivity index (χ1n) is 5.67. The third-order valence-electron chi connectivity index (χ3n) is 2.94. The first kappa shape index (κ1) is 14.4. The molecule has 9 heteroatoms. The van der Waals surface area contributed by atoms with E-state index in [0.717, 1.165) is 4.72 Å². The minimum Gasteiger partial charge on any atom is -0.457 e. The number of esters is 1. The number of hydrogen-bond acceptors (Lipinski definition) is 5. The highest BCUT2D eigenvalue weighted by Crippen LogP contribution is 2.36. The lowest BCUT2D eigenvalue weighted by molar-refractivity contribution is 0.0534. The van der Waals surface area contributed by atoms with E-state index in [4.69, 9.17) is 4.74 Å². The minimum atomic E-state index is -1.11. The van der Waals surface area contributed by atoms with Crippen LogP contribution in [0.15, 0.2) is 10.5 Å². The fourth-order valence-electron chi connectivity index (χ4n) is 2.09. The largest absolute Gasteiger partial charge is 0.457 e. The lowest BCUT2D eigenvalue weighted by Gasteiger charge is -2.28. The molecular weight excluding hydrogens is 319 g/mol. The molecule has 2 rings (SSSR count). The molecule has 19 heavy (non-hydrogen) atoms. The Kier molecular flexibility index (Phi) is 3.89. The molecule has 0 fully saturated rings. The van der Waals surface area contributed by atoms with Crippen molar-refractivity contribution in [3.8, 4) is 0 Å². The first-order valence-corrected chi connectivity index (χ1v) is 6.46. The number of fused-ring (bicyclic) bond motifs is 1. The number of nitrogens with zero attached hydrogens (tertiary/aromatic N) is 1. The summed E-state index contributed by atoms with van der Waals surface area (Å²) in [5.74, 6) is -1.20. The molecule has 0 bridgehead atoms. The second-order valence-electron chi connectivity index (χ2n) is 4.30. The molecule has 1 aromatic rings. The highest BCUT2D eigenvalue weighted by atomic mass is 79.9. The monoisotopic (exact) mass is 329 g/mol. The van der Waals surface area contributed by atoms with Crippen LogP contribution in [0.2, 0.25) is 13.6 Å². The van der Waals surface area contributed by atoms with Crippen LogP contribution in [-0.2, 0) is 11.3 Å². The van der Waals surface area contributed by atoms with Crippen LogP contribution in [0.25, 0.3) is 0 Å². The predicted octanol–water partition coefficient (Wildman–Crippen LogP) is 1.29. The van der Waals surface area contributed by atoms with Crippen LogP contribution in [0.3, 0.4) is 0 Å². The predicted molar refractivity (Wildman–Crippen MR) is 73.4 cm³/mol. The molecular formula is C10H11B2BrFNO4. The van der Waals surface area contributed by atoms with Crippen molar-refractivity contribution in [1.29, 1.82) is 0 Å². The Hall–Kier alpha value is -1.05. The zero-order valence-electron chi connectivity index (χ0n) is 10.4. The van der Waals surface area contributed by atoms with Crippen LogP contribution in [0.1, 0.15) is 15.9 Å². The normalized spacial score (nSPS) is 13.1. The van der Waals surface area contributed by atoms with Gasteiger partial charge < -0.3 is 19.5 Å². The Bertz CT molecular complexity index is 533. The number of hydrogen-bond donors (Lipinski definition) is 2. The highest BCUT2D eigenvalue weighted by Gasteiger charge is 2.33. The van der Waals surface area contributed by atoms with Crippen LogP contribution >= 0.6 is 15.9 Å². The maximum absolute atomic E-state index is 14.3. The van der Waals surface area contributed by atoms with Crippen molar-refractivity contribution in [2.24, 2.45) is 0 Å². The maximum Gasteiger partial charge on any atom is 0.398 e. The van der Waals surface area contributed by atoms with Gasteiger partial charge >= 0.3 is 20.1 Å². The van der Waals surface area contributed by atoms with E-state index >= 15 is 0 Å². The van der Waals surface area contributed by atoms with Crippen molar-refractivity contribution in [2.75, 3.05) is 4.72 Å². The molecule has 100 valence electrons. The second-order valence-corrected chi connectivity index (χ2v) is 5.09. The highest BCUT2D eigenvalue weighted by molar-refractivity contribution is 9.10. The Morgan fingerprint density at radius 2 is 2.00 bits per heavy atom. The average molecular weight is 330 g/mol. The molecule has 1 aliphatic heterocycles. The van der Waals surface area contributed by atoms with E-state index in [1.807, 2.05) is 0 Å². The van der Waals surface area contributed by atoms with E-state index in [1.54, 1.807) is 0 Å². The molecule has 0 spiro atoms. The maximum atomic E-state index is 14.3. The van der Waals surface area contributed by atoms with Crippen LogP contribution in [0, 0.1) is 5.82 Å². The Balaban J connectivity index is 2.61. The summed E-state index contributed by atoms with van der Waals surface area (Å²) in [7, 11) is -2.23. The summed E-state index contributed by atoms with van der Waals surface area (Å²) < 4.78 is 20.3. The molecule has 0 radical (unpaired) electrons. The number of anilines is 1. The summed E-state index contributed by atoms with van der Waals surface area (Å²) in [5.41, 5.74) is 0.603. The minimum absolute atomic E-state index is 0.00923. The van der Waals surface area contributed by atoms with Gasteiger partial charge in [0.25, 0.3) is 0 Å². The molecule has 1 aromatic carbocycles. The van der Waals surface area contributed by atoms with Gasteiger partial charge in [-0.15, -0.1) is 0 Å². The lowest BCUT2D eigenvalue weighted by atomic mass is 9.68. The molecule has 1 aliphatic rings. The molecule has 0 saturated heterocycles. The van der Waals surface area contributed by atoms with Crippen molar-refractivity contribution < 1.29 is 24.0 Å². The van der Waals surface area contributed by atoms with Crippen molar-refractivity contribution >= 4 is 41.7 Å². The summed E-state index contributed by atoms with van der Waals surface area (Å²) in [6, 6.07) is 1.28. The zero-order chi connectivity index (χ0) is 14.3. The zero-order valence-corrected chi connectivity index (χ0v) is 11.9. The van der Waals surface area contributed by atoms with Crippen LogP contribution in [0.4, 0.5) is 10.1 Å². The fraction of sp³-hybridized carbons (Fsp3) is 0.300. The average Bonchev–Trinajstić information content (AvgIpc) is 2.67. The number of carbonyl (C=O) groups is 1. The summed E-state index contributed by atoms with van der Waals surface area (Å²) in [6.45, 7) is 2.80. The summed E-state index contributed by atoms with van der Waals surface area (Å²) >= 11 is 3.08. The van der Waals surface area contributed by atoms with Gasteiger partial charge in [0.1, 0.15) is 6.61 Å². The number of rotatable bonds is 3. The number of cyclic esters (lactones) is 1. The van der Waals surface area contributed by atoms with E-state index < -0.39 is 25.9 Å². The molecule has 0 amide bonds. The van der Waals surface area contributed by atoms with Gasteiger partial charge in [-0.2, -0.15) is 0 Å². The lowest BCUT2D eigenvalue weighted by Crippen LogP contribution is -2.47. The first-order chi connectivity index (χ1) is 8.84. The van der Waals surface area contributed by atoms with Gasteiger partial charge in [0, 0.05) is 5.56 Å². The number of ether oxygens (including phenoxy) is 1. The number of carbonyl (C=O) groups excluding carboxylic acids is 1. The Morgan fingerprint density at radius 3 is 2.53 bits per heavy atom. The van der Waals surface area contributed by atoms with Gasteiger partial charge in [-0.1, -0.05) is 0 Å². The molecule has 0 aromatic heterocycles. The van der Waals surface area contributed by atoms with Crippen molar-refractivity contribution in [3.05, 3.63) is 27.5 Å². The van der Waals surface area contributed by atoms with E-state index in [1.165, 1.54) is 19.7 Å². The van der Waals surface area contributed by atoms with E-state index in [0.29, 0.717) is 5.56 Å². The smallest absolute Gasteiger partial charge is 0.398 e. The topological polar surface area (TPSA) is 70.0 Å². The molecule has 0 unspecified atom stereocenters. The van der Waals surface area contributed by atoms with E-state index in [9.17, 15) is 19.2 Å². The van der Waals surface area contributed by atoms with Crippen LogP contribution in [-0.4, -0.2) is 30.1 Å². The van der Waals surface area contributed by atoms with Gasteiger partial charge in [-0.3, -0.25) is 0 Å². The summed E-state index contributed by atoms with van der Waals surface area (Å²) in [6.07, 6.45) is 0. The molecule has 2 N–H and O–H groups in total. The standard InChI is InChI=1S/C10H11B2BrFNO4/c1-11(17)15(12(2)18)7-3-5-6(4-19-10(5)16)8(13)9(7)14/h3,17-18H,4H2,1-2H3. The molecule has 5 nitrogen and oxygen atoms in total. The van der Waals surface area contributed by atoms with Crippen molar-refractivity contribution in [1.82, 2.24) is 0 Å². The second kappa shape index (κ2) is 5.15. The van der Waals surface area contributed by atoms with Gasteiger partial charge in [0.2, 0.25) is 0 Å². The van der Waals surface area contributed by atoms with Crippen molar-refractivity contribution in [3.63, 3.8) is 0 Å².